The van der Waals surface area contributed by atoms with E-state index in [0.29, 0.717) is 6.04 Å². The van der Waals surface area contributed by atoms with Crippen molar-refractivity contribution in [1.82, 2.24) is 9.78 Å². The molecule has 0 bridgehead atoms. The average Bonchev–Trinajstić information content (AvgIpc) is 2.65. The SMILES string of the molecule is COC(=O)[C@@H]1CCc2c(I)nn(C(C)C)c2C1. The number of aromatic nitrogens is 2. The van der Waals surface area contributed by atoms with E-state index in [4.69, 9.17) is 4.74 Å². The molecule has 1 aliphatic carbocycles. The fourth-order valence-corrected chi connectivity index (χ4v) is 3.20. The summed E-state index contributed by atoms with van der Waals surface area (Å²) >= 11 is 2.28. The normalized spacial score (nSPS) is 19.2. The van der Waals surface area contributed by atoms with Gasteiger partial charge in [0.1, 0.15) is 3.70 Å². The molecule has 0 radical (unpaired) electrons. The molecule has 0 fully saturated rings. The minimum absolute atomic E-state index is 0.00231. The van der Waals surface area contributed by atoms with Crippen molar-refractivity contribution >= 4 is 28.6 Å². The van der Waals surface area contributed by atoms with Crippen molar-refractivity contribution in [3.8, 4) is 0 Å². The van der Waals surface area contributed by atoms with Crippen LogP contribution in [0, 0.1) is 9.62 Å². The van der Waals surface area contributed by atoms with Gasteiger partial charge in [0.2, 0.25) is 0 Å². The Kier molecular flexibility index (Phi) is 3.75. The van der Waals surface area contributed by atoms with Crippen molar-refractivity contribution in [3.05, 3.63) is 15.0 Å². The number of esters is 1. The van der Waals surface area contributed by atoms with Gasteiger partial charge >= 0.3 is 5.97 Å². The molecule has 1 atom stereocenters. The lowest BCUT2D eigenvalue weighted by atomic mass is 9.88. The van der Waals surface area contributed by atoms with Crippen molar-refractivity contribution < 1.29 is 9.53 Å². The maximum Gasteiger partial charge on any atom is 0.309 e. The molecule has 0 aliphatic heterocycles. The molecule has 2 rings (SSSR count). The first-order chi connectivity index (χ1) is 8.04. The molecule has 4 nitrogen and oxygen atoms in total. The van der Waals surface area contributed by atoms with Gasteiger partial charge < -0.3 is 4.74 Å². The zero-order chi connectivity index (χ0) is 12.6. The van der Waals surface area contributed by atoms with Gasteiger partial charge in [-0.25, -0.2) is 0 Å². The highest BCUT2D eigenvalue weighted by atomic mass is 127. The molecule has 0 N–H and O–H groups in total. The quantitative estimate of drug-likeness (QED) is 0.609. The molecule has 1 aromatic rings. The van der Waals surface area contributed by atoms with E-state index in [1.807, 2.05) is 4.68 Å². The van der Waals surface area contributed by atoms with Gasteiger partial charge in [-0.1, -0.05) is 0 Å². The average molecular weight is 348 g/mol. The molecule has 17 heavy (non-hydrogen) atoms. The van der Waals surface area contributed by atoms with Gasteiger partial charge in [0.15, 0.2) is 0 Å². The van der Waals surface area contributed by atoms with Gasteiger partial charge in [-0.15, -0.1) is 0 Å². The van der Waals surface area contributed by atoms with Crippen LogP contribution in [0.15, 0.2) is 0 Å². The Morgan fingerprint density at radius 1 is 1.59 bits per heavy atom. The minimum Gasteiger partial charge on any atom is -0.469 e. The van der Waals surface area contributed by atoms with E-state index < -0.39 is 0 Å². The fourth-order valence-electron chi connectivity index (χ4n) is 2.39. The number of hydrogen-bond donors (Lipinski definition) is 0. The van der Waals surface area contributed by atoms with Crippen LogP contribution in [-0.2, 0) is 22.4 Å². The number of rotatable bonds is 2. The molecule has 1 aromatic heterocycles. The lowest BCUT2D eigenvalue weighted by Crippen LogP contribution is -2.25. The second-order valence-corrected chi connectivity index (χ2v) is 5.74. The molecular formula is C12H17IN2O2. The largest absolute Gasteiger partial charge is 0.469 e. The van der Waals surface area contributed by atoms with E-state index in [2.05, 4.69) is 41.5 Å². The number of methoxy groups -OCH3 is 1. The van der Waals surface area contributed by atoms with E-state index in [1.54, 1.807) is 0 Å². The van der Waals surface area contributed by atoms with E-state index in [9.17, 15) is 4.79 Å². The van der Waals surface area contributed by atoms with Crippen LogP contribution in [0.25, 0.3) is 0 Å². The van der Waals surface area contributed by atoms with Crippen LogP contribution in [0.5, 0.6) is 0 Å². The van der Waals surface area contributed by atoms with Crippen molar-refractivity contribution in [2.45, 2.75) is 39.2 Å². The van der Waals surface area contributed by atoms with Crippen LogP contribution >= 0.6 is 22.6 Å². The standard InChI is InChI=1S/C12H17IN2O2/c1-7(2)15-10-6-8(12(16)17-3)4-5-9(10)11(13)14-15/h7-8H,4-6H2,1-3H3/t8-/m1/s1. The van der Waals surface area contributed by atoms with Crippen molar-refractivity contribution in [2.75, 3.05) is 7.11 Å². The summed E-state index contributed by atoms with van der Waals surface area (Å²) in [6.45, 7) is 4.23. The number of carbonyl (C=O) groups excluding carboxylic acids is 1. The highest BCUT2D eigenvalue weighted by Crippen LogP contribution is 2.31. The van der Waals surface area contributed by atoms with E-state index in [0.717, 1.165) is 23.0 Å². The summed E-state index contributed by atoms with van der Waals surface area (Å²) < 4.78 is 7.97. The maximum absolute atomic E-state index is 11.6. The van der Waals surface area contributed by atoms with E-state index in [-0.39, 0.29) is 11.9 Å². The summed E-state index contributed by atoms with van der Waals surface area (Å²) in [4.78, 5) is 11.6. The Labute approximate surface area is 115 Å². The van der Waals surface area contributed by atoms with Crippen LogP contribution in [0.1, 0.15) is 37.6 Å². The molecule has 0 aromatic carbocycles. The second-order valence-electron chi connectivity index (χ2n) is 4.72. The Bertz CT molecular complexity index is 440. The number of fused-ring (bicyclic) bond motifs is 1. The van der Waals surface area contributed by atoms with Gasteiger partial charge in [-0.2, -0.15) is 5.10 Å². The zero-order valence-corrected chi connectivity index (χ0v) is 12.5. The second kappa shape index (κ2) is 4.96. The summed E-state index contributed by atoms with van der Waals surface area (Å²) in [6.07, 6.45) is 2.57. The van der Waals surface area contributed by atoms with Crippen LogP contribution in [0.2, 0.25) is 0 Å². The third-order valence-electron chi connectivity index (χ3n) is 3.28. The number of ether oxygens (including phenoxy) is 1. The third kappa shape index (κ3) is 2.34. The van der Waals surface area contributed by atoms with Crippen molar-refractivity contribution in [3.63, 3.8) is 0 Å². The molecule has 0 saturated heterocycles. The Morgan fingerprint density at radius 3 is 2.88 bits per heavy atom. The number of hydrogen-bond acceptors (Lipinski definition) is 3. The molecule has 0 unspecified atom stereocenters. The first-order valence-electron chi connectivity index (χ1n) is 5.88. The summed E-state index contributed by atoms with van der Waals surface area (Å²) in [5.74, 6) is -0.0975. The lowest BCUT2D eigenvalue weighted by molar-refractivity contribution is -0.145. The van der Waals surface area contributed by atoms with Gasteiger partial charge in [-0.3, -0.25) is 9.48 Å². The predicted octanol–water partition coefficient (Wildman–Crippen LogP) is 2.35. The van der Waals surface area contributed by atoms with E-state index >= 15 is 0 Å². The number of carbonyl (C=O) groups is 1. The van der Waals surface area contributed by atoms with Gasteiger partial charge in [0, 0.05) is 23.7 Å². The molecule has 1 aliphatic rings. The maximum atomic E-state index is 11.6. The molecular weight excluding hydrogens is 331 g/mol. The van der Waals surface area contributed by atoms with Crippen LogP contribution in [-0.4, -0.2) is 22.9 Å². The molecule has 0 spiro atoms. The highest BCUT2D eigenvalue weighted by Gasteiger charge is 2.30. The molecule has 94 valence electrons. The van der Waals surface area contributed by atoms with Crippen molar-refractivity contribution in [2.24, 2.45) is 5.92 Å². The monoisotopic (exact) mass is 348 g/mol. The summed E-state index contributed by atoms with van der Waals surface area (Å²) in [7, 11) is 1.46. The first-order valence-corrected chi connectivity index (χ1v) is 6.96. The zero-order valence-electron chi connectivity index (χ0n) is 10.4. The van der Waals surface area contributed by atoms with Crippen LogP contribution < -0.4 is 0 Å². The number of nitrogens with zero attached hydrogens (tertiary/aromatic N) is 2. The Hall–Kier alpha value is -0.590. The smallest absolute Gasteiger partial charge is 0.309 e. The van der Waals surface area contributed by atoms with Gasteiger partial charge in [0.25, 0.3) is 0 Å². The van der Waals surface area contributed by atoms with Crippen LogP contribution in [0.4, 0.5) is 0 Å². The fraction of sp³-hybridized carbons (Fsp3) is 0.667. The topological polar surface area (TPSA) is 44.1 Å². The van der Waals surface area contributed by atoms with Gasteiger partial charge in [0.05, 0.1) is 13.0 Å². The molecule has 1 heterocycles. The molecule has 5 heteroatoms. The minimum atomic E-state index is -0.0952. The summed E-state index contributed by atoms with van der Waals surface area (Å²) in [6, 6.07) is 0.337. The first kappa shape index (κ1) is 12.9. The highest BCUT2D eigenvalue weighted by molar-refractivity contribution is 14.1. The Balaban J connectivity index is 2.32. The van der Waals surface area contributed by atoms with Crippen molar-refractivity contribution in [1.29, 1.82) is 0 Å². The van der Waals surface area contributed by atoms with Crippen LogP contribution in [0.3, 0.4) is 0 Å². The Morgan fingerprint density at radius 2 is 2.29 bits per heavy atom. The van der Waals surface area contributed by atoms with Gasteiger partial charge in [-0.05, 0) is 49.3 Å². The summed E-state index contributed by atoms with van der Waals surface area (Å²) in [5.41, 5.74) is 2.53. The molecule has 0 saturated carbocycles. The predicted molar refractivity (Wildman–Crippen MR) is 72.9 cm³/mol. The summed E-state index contributed by atoms with van der Waals surface area (Å²) in [5, 5.41) is 4.56. The third-order valence-corrected chi connectivity index (χ3v) is 4.14. The molecule has 0 amide bonds. The van der Waals surface area contributed by atoms with E-state index in [1.165, 1.54) is 18.4 Å². The lowest BCUT2D eigenvalue weighted by Gasteiger charge is -2.22. The number of halogens is 1.